The molecule has 21 heavy (non-hydrogen) atoms. The van der Waals surface area contributed by atoms with Gasteiger partial charge in [-0.15, -0.1) is 0 Å². The van der Waals surface area contributed by atoms with Crippen LogP contribution in [0.3, 0.4) is 0 Å². The first-order chi connectivity index (χ1) is 10.3. The van der Waals surface area contributed by atoms with Crippen LogP contribution in [-0.2, 0) is 6.42 Å². The van der Waals surface area contributed by atoms with Crippen LogP contribution in [0.2, 0.25) is 0 Å². The molecule has 0 heterocycles. The van der Waals surface area contributed by atoms with Crippen molar-refractivity contribution in [2.75, 3.05) is 6.54 Å². The molecule has 0 amide bonds. The quantitative estimate of drug-likeness (QED) is 0.724. The average molecular weight is 283 g/mol. The van der Waals surface area contributed by atoms with Crippen LogP contribution in [-0.4, -0.2) is 17.8 Å². The van der Waals surface area contributed by atoms with Crippen molar-refractivity contribution in [2.24, 2.45) is 0 Å². The van der Waals surface area contributed by atoms with E-state index in [9.17, 15) is 5.11 Å². The molecule has 0 aliphatic heterocycles. The number of benzene rings is 2. The van der Waals surface area contributed by atoms with Crippen LogP contribution in [0.25, 0.3) is 0 Å². The Labute approximate surface area is 127 Å². The van der Waals surface area contributed by atoms with Gasteiger partial charge in [-0.2, -0.15) is 0 Å². The second-order valence-electron chi connectivity index (χ2n) is 5.60. The van der Waals surface area contributed by atoms with Crippen molar-refractivity contribution >= 4 is 0 Å². The zero-order valence-corrected chi connectivity index (χ0v) is 12.7. The molecule has 112 valence electrons. The van der Waals surface area contributed by atoms with E-state index in [1.165, 1.54) is 11.1 Å². The summed E-state index contributed by atoms with van der Waals surface area (Å²) < 4.78 is 0. The minimum Gasteiger partial charge on any atom is -0.393 e. The maximum absolute atomic E-state index is 9.34. The second-order valence-corrected chi connectivity index (χ2v) is 5.60. The Morgan fingerprint density at radius 1 is 0.952 bits per heavy atom. The molecule has 2 aromatic carbocycles. The van der Waals surface area contributed by atoms with Crippen LogP contribution in [0.15, 0.2) is 60.7 Å². The highest BCUT2D eigenvalue weighted by Gasteiger charge is 2.11. The largest absolute Gasteiger partial charge is 0.393 e. The lowest BCUT2D eigenvalue weighted by Gasteiger charge is -2.20. The van der Waals surface area contributed by atoms with Gasteiger partial charge in [0.15, 0.2) is 0 Å². The lowest BCUT2D eigenvalue weighted by Crippen LogP contribution is -2.25. The van der Waals surface area contributed by atoms with Gasteiger partial charge >= 0.3 is 0 Å². The Morgan fingerprint density at radius 2 is 1.57 bits per heavy atom. The summed E-state index contributed by atoms with van der Waals surface area (Å²) in [6, 6.07) is 21.5. The maximum atomic E-state index is 9.34. The first-order valence-corrected chi connectivity index (χ1v) is 7.76. The first-order valence-electron chi connectivity index (χ1n) is 7.76. The van der Waals surface area contributed by atoms with Crippen molar-refractivity contribution in [1.29, 1.82) is 0 Å². The second kappa shape index (κ2) is 8.60. The van der Waals surface area contributed by atoms with Gasteiger partial charge < -0.3 is 10.4 Å². The molecule has 2 atom stereocenters. The fourth-order valence-corrected chi connectivity index (χ4v) is 2.52. The normalized spacial score (nSPS) is 13.8. The van der Waals surface area contributed by atoms with Gasteiger partial charge in [-0.05, 0) is 43.9 Å². The summed E-state index contributed by atoms with van der Waals surface area (Å²) in [5.41, 5.74) is 2.66. The molecule has 2 unspecified atom stereocenters. The standard InChI is InChI=1S/C19H25NO/c1-16(21)9-8-14-20-19(18-12-6-3-7-13-18)15-17-10-4-2-5-11-17/h2-7,10-13,16,19-21H,8-9,14-15H2,1H3. The Hall–Kier alpha value is -1.64. The van der Waals surface area contributed by atoms with Crippen molar-refractivity contribution in [3.8, 4) is 0 Å². The Kier molecular flexibility index (Phi) is 6.45. The third kappa shape index (κ3) is 5.70. The molecule has 0 fully saturated rings. The number of rotatable bonds is 8. The molecule has 2 heteroatoms. The summed E-state index contributed by atoms with van der Waals surface area (Å²) in [5.74, 6) is 0. The van der Waals surface area contributed by atoms with Gasteiger partial charge in [-0.1, -0.05) is 60.7 Å². The predicted molar refractivity (Wildman–Crippen MR) is 88.2 cm³/mol. The zero-order chi connectivity index (χ0) is 14.9. The lowest BCUT2D eigenvalue weighted by atomic mass is 9.98. The molecule has 0 spiro atoms. The van der Waals surface area contributed by atoms with Gasteiger partial charge in [-0.3, -0.25) is 0 Å². The van der Waals surface area contributed by atoms with Crippen LogP contribution in [0.1, 0.15) is 36.9 Å². The minimum absolute atomic E-state index is 0.212. The van der Waals surface area contributed by atoms with Crippen molar-refractivity contribution < 1.29 is 5.11 Å². The molecule has 0 aliphatic rings. The summed E-state index contributed by atoms with van der Waals surface area (Å²) in [5, 5.41) is 13.0. The smallest absolute Gasteiger partial charge is 0.0512 e. The van der Waals surface area contributed by atoms with Gasteiger partial charge in [0.2, 0.25) is 0 Å². The zero-order valence-electron chi connectivity index (χ0n) is 12.7. The van der Waals surface area contributed by atoms with E-state index in [0.717, 1.165) is 25.8 Å². The molecule has 0 saturated heterocycles. The van der Waals surface area contributed by atoms with E-state index in [1.807, 2.05) is 6.92 Å². The Bertz CT molecular complexity index is 495. The number of aliphatic hydroxyl groups excluding tert-OH is 1. The topological polar surface area (TPSA) is 32.3 Å². The molecule has 0 saturated carbocycles. The number of nitrogens with one attached hydrogen (secondary N) is 1. The van der Waals surface area contributed by atoms with Crippen LogP contribution in [0.5, 0.6) is 0 Å². The van der Waals surface area contributed by atoms with Crippen LogP contribution < -0.4 is 5.32 Å². The van der Waals surface area contributed by atoms with E-state index >= 15 is 0 Å². The summed E-state index contributed by atoms with van der Waals surface area (Å²) in [6.07, 6.45) is 2.62. The molecule has 0 bridgehead atoms. The van der Waals surface area contributed by atoms with Crippen molar-refractivity contribution in [3.05, 3.63) is 71.8 Å². The van der Waals surface area contributed by atoms with Crippen LogP contribution in [0, 0.1) is 0 Å². The van der Waals surface area contributed by atoms with Gasteiger partial charge in [0.25, 0.3) is 0 Å². The van der Waals surface area contributed by atoms with E-state index in [4.69, 9.17) is 0 Å². The van der Waals surface area contributed by atoms with Crippen molar-refractivity contribution in [1.82, 2.24) is 5.32 Å². The molecule has 0 aromatic heterocycles. The monoisotopic (exact) mass is 283 g/mol. The molecule has 2 nitrogen and oxygen atoms in total. The van der Waals surface area contributed by atoms with Crippen LogP contribution >= 0.6 is 0 Å². The Balaban J connectivity index is 1.97. The van der Waals surface area contributed by atoms with E-state index in [1.54, 1.807) is 0 Å². The molecule has 2 rings (SSSR count). The highest BCUT2D eigenvalue weighted by molar-refractivity contribution is 5.23. The van der Waals surface area contributed by atoms with Crippen molar-refractivity contribution in [2.45, 2.75) is 38.3 Å². The van der Waals surface area contributed by atoms with Gasteiger partial charge in [0, 0.05) is 6.04 Å². The third-order valence-corrected chi connectivity index (χ3v) is 3.67. The Morgan fingerprint density at radius 3 is 2.19 bits per heavy atom. The van der Waals surface area contributed by atoms with Gasteiger partial charge in [0.05, 0.1) is 6.10 Å². The molecule has 0 aliphatic carbocycles. The summed E-state index contributed by atoms with van der Waals surface area (Å²) in [4.78, 5) is 0. The number of hydrogen-bond donors (Lipinski definition) is 2. The molecule has 2 aromatic rings. The van der Waals surface area contributed by atoms with E-state index in [-0.39, 0.29) is 6.10 Å². The van der Waals surface area contributed by atoms with Gasteiger partial charge in [0.1, 0.15) is 0 Å². The third-order valence-electron chi connectivity index (χ3n) is 3.67. The summed E-state index contributed by atoms with van der Waals surface area (Å²) >= 11 is 0. The fourth-order valence-electron chi connectivity index (χ4n) is 2.52. The van der Waals surface area contributed by atoms with E-state index in [0.29, 0.717) is 6.04 Å². The number of aliphatic hydroxyl groups is 1. The molecular formula is C19H25NO. The van der Waals surface area contributed by atoms with Crippen LogP contribution in [0.4, 0.5) is 0 Å². The average Bonchev–Trinajstić information content (AvgIpc) is 2.52. The van der Waals surface area contributed by atoms with Gasteiger partial charge in [-0.25, -0.2) is 0 Å². The highest BCUT2D eigenvalue weighted by Crippen LogP contribution is 2.18. The van der Waals surface area contributed by atoms with E-state index in [2.05, 4.69) is 66.0 Å². The summed E-state index contributed by atoms with van der Waals surface area (Å²) in [7, 11) is 0. The van der Waals surface area contributed by atoms with Crippen molar-refractivity contribution in [3.63, 3.8) is 0 Å². The fraction of sp³-hybridized carbons (Fsp3) is 0.368. The predicted octanol–water partition coefficient (Wildman–Crippen LogP) is 3.72. The minimum atomic E-state index is -0.212. The molecule has 2 N–H and O–H groups in total. The molecular weight excluding hydrogens is 258 g/mol. The first kappa shape index (κ1) is 15.7. The lowest BCUT2D eigenvalue weighted by molar-refractivity contribution is 0.181. The maximum Gasteiger partial charge on any atom is 0.0512 e. The molecule has 0 radical (unpaired) electrons. The van der Waals surface area contributed by atoms with E-state index < -0.39 is 0 Å². The number of hydrogen-bond acceptors (Lipinski definition) is 2. The SMILES string of the molecule is CC(O)CCCNC(Cc1ccccc1)c1ccccc1. The summed E-state index contributed by atoms with van der Waals surface area (Å²) in [6.45, 7) is 2.77. The highest BCUT2D eigenvalue weighted by atomic mass is 16.3.